The van der Waals surface area contributed by atoms with E-state index in [2.05, 4.69) is 15.5 Å². The molecule has 2 aromatic rings. The minimum absolute atomic E-state index is 0.212. The van der Waals surface area contributed by atoms with E-state index in [4.69, 9.17) is 25.9 Å². The zero-order chi connectivity index (χ0) is 17.8. The molecule has 1 atom stereocenters. The summed E-state index contributed by atoms with van der Waals surface area (Å²) < 4.78 is 10.7. The lowest BCUT2D eigenvalue weighted by Gasteiger charge is -2.12. The summed E-state index contributed by atoms with van der Waals surface area (Å²) in [5, 5.41) is 6.93. The molecule has 1 N–H and O–H groups in total. The van der Waals surface area contributed by atoms with E-state index in [0.717, 1.165) is 5.56 Å². The maximum absolute atomic E-state index is 12.4. The summed E-state index contributed by atoms with van der Waals surface area (Å²) in [6, 6.07) is 8.78. The summed E-state index contributed by atoms with van der Waals surface area (Å²) in [4.78, 5) is 21.6. The molecule has 3 rings (SSSR count). The fourth-order valence-electron chi connectivity index (χ4n) is 2.48. The zero-order valence-electron chi connectivity index (χ0n) is 13.7. The van der Waals surface area contributed by atoms with Gasteiger partial charge in [-0.1, -0.05) is 22.8 Å². The lowest BCUT2D eigenvalue weighted by molar-refractivity contribution is -0.125. The normalized spacial score (nSPS) is 16.0. The molecular weight excluding hydrogens is 346 g/mol. The van der Waals surface area contributed by atoms with Crippen molar-refractivity contribution in [2.24, 2.45) is 5.16 Å². The molecule has 1 amide bonds. The maximum Gasteiger partial charge on any atom is 0.268 e. The molecule has 0 radical (unpaired) electrons. The number of hydrogen-bond donors (Lipinski definition) is 1. The largest absolute Gasteiger partial charge is 0.493 e. The second-order valence-corrected chi connectivity index (χ2v) is 5.57. The molecule has 8 heteroatoms. The summed E-state index contributed by atoms with van der Waals surface area (Å²) >= 11 is 5.95. The van der Waals surface area contributed by atoms with Gasteiger partial charge in [-0.05, 0) is 24.3 Å². The highest BCUT2D eigenvalue weighted by molar-refractivity contribution is 6.32. The number of benzene rings is 1. The predicted octanol–water partition coefficient (Wildman–Crippen LogP) is 2.88. The molecule has 1 aromatic heterocycles. The number of anilines is 1. The third-order valence-electron chi connectivity index (χ3n) is 3.69. The van der Waals surface area contributed by atoms with E-state index in [1.165, 1.54) is 0 Å². The van der Waals surface area contributed by atoms with Crippen molar-refractivity contribution in [1.29, 1.82) is 0 Å². The first-order valence-electron chi connectivity index (χ1n) is 7.49. The minimum Gasteiger partial charge on any atom is -0.493 e. The van der Waals surface area contributed by atoms with Gasteiger partial charge in [0.2, 0.25) is 6.10 Å². The van der Waals surface area contributed by atoms with Gasteiger partial charge in [0.25, 0.3) is 5.91 Å². The second kappa shape index (κ2) is 7.40. The van der Waals surface area contributed by atoms with Crippen molar-refractivity contribution in [1.82, 2.24) is 4.98 Å². The van der Waals surface area contributed by atoms with Crippen LogP contribution in [0.4, 0.5) is 5.69 Å². The van der Waals surface area contributed by atoms with Gasteiger partial charge in [-0.25, -0.2) is 4.98 Å². The van der Waals surface area contributed by atoms with Crippen LogP contribution in [0.15, 0.2) is 41.7 Å². The number of rotatable bonds is 5. The van der Waals surface area contributed by atoms with Gasteiger partial charge in [0.15, 0.2) is 16.7 Å². The number of methoxy groups -OCH3 is 2. The van der Waals surface area contributed by atoms with Gasteiger partial charge in [-0.2, -0.15) is 0 Å². The Labute approximate surface area is 149 Å². The number of pyridine rings is 1. The zero-order valence-corrected chi connectivity index (χ0v) is 14.4. The van der Waals surface area contributed by atoms with Crippen LogP contribution in [0.2, 0.25) is 5.15 Å². The SMILES string of the molecule is COc1cccc(C2=NO[C@@H](C(=O)Nc3cccnc3Cl)C2)c1OC. The Hall–Kier alpha value is -2.80. The number of hydrogen-bond acceptors (Lipinski definition) is 6. The van der Waals surface area contributed by atoms with Crippen LogP contribution in [0.25, 0.3) is 0 Å². The van der Waals surface area contributed by atoms with Crippen LogP contribution in [-0.4, -0.2) is 36.9 Å². The Morgan fingerprint density at radius 1 is 1.28 bits per heavy atom. The highest BCUT2D eigenvalue weighted by Crippen LogP contribution is 2.33. The van der Waals surface area contributed by atoms with Crippen molar-refractivity contribution < 1.29 is 19.1 Å². The Balaban J connectivity index is 1.73. The molecule has 7 nitrogen and oxygen atoms in total. The van der Waals surface area contributed by atoms with Crippen LogP contribution in [0.3, 0.4) is 0 Å². The van der Waals surface area contributed by atoms with Gasteiger partial charge in [-0.15, -0.1) is 0 Å². The predicted molar refractivity (Wildman–Crippen MR) is 93.4 cm³/mol. The number of ether oxygens (including phenoxy) is 2. The smallest absolute Gasteiger partial charge is 0.268 e. The Morgan fingerprint density at radius 2 is 2.12 bits per heavy atom. The van der Waals surface area contributed by atoms with Crippen LogP contribution in [-0.2, 0) is 9.63 Å². The van der Waals surface area contributed by atoms with Crippen LogP contribution >= 0.6 is 11.6 Å². The molecule has 0 spiro atoms. The third kappa shape index (κ3) is 3.51. The van der Waals surface area contributed by atoms with E-state index >= 15 is 0 Å². The number of carbonyl (C=O) groups excluding carboxylic acids is 1. The van der Waals surface area contributed by atoms with Gasteiger partial charge < -0.3 is 19.6 Å². The first-order chi connectivity index (χ1) is 12.1. The quantitative estimate of drug-likeness (QED) is 0.828. The van der Waals surface area contributed by atoms with Crippen molar-refractivity contribution in [3.8, 4) is 11.5 Å². The second-order valence-electron chi connectivity index (χ2n) is 5.21. The van der Waals surface area contributed by atoms with E-state index in [0.29, 0.717) is 29.3 Å². The fraction of sp³-hybridized carbons (Fsp3) is 0.235. The summed E-state index contributed by atoms with van der Waals surface area (Å²) in [6.45, 7) is 0. The number of aromatic nitrogens is 1. The van der Waals surface area contributed by atoms with E-state index < -0.39 is 6.10 Å². The number of para-hydroxylation sites is 1. The number of oxime groups is 1. The molecule has 0 unspecified atom stereocenters. The summed E-state index contributed by atoms with van der Waals surface area (Å²) in [5.41, 5.74) is 1.75. The maximum atomic E-state index is 12.4. The van der Waals surface area contributed by atoms with Crippen molar-refractivity contribution >= 4 is 28.9 Å². The Kier molecular flexibility index (Phi) is 5.04. The van der Waals surface area contributed by atoms with Gasteiger partial charge in [0.05, 0.1) is 25.6 Å². The topological polar surface area (TPSA) is 82.0 Å². The highest BCUT2D eigenvalue weighted by atomic mass is 35.5. The molecule has 2 heterocycles. The van der Waals surface area contributed by atoms with E-state index in [-0.39, 0.29) is 11.1 Å². The molecule has 1 aliphatic heterocycles. The number of nitrogens with one attached hydrogen (secondary N) is 1. The average molecular weight is 362 g/mol. The van der Waals surface area contributed by atoms with Gasteiger partial charge in [0.1, 0.15) is 0 Å². The van der Waals surface area contributed by atoms with Crippen molar-refractivity contribution in [2.75, 3.05) is 19.5 Å². The first-order valence-corrected chi connectivity index (χ1v) is 7.87. The molecule has 0 saturated carbocycles. The molecule has 0 aliphatic carbocycles. The fourth-order valence-corrected chi connectivity index (χ4v) is 2.65. The summed E-state index contributed by atoms with van der Waals surface area (Å²) in [5.74, 6) is 0.775. The van der Waals surface area contributed by atoms with Crippen molar-refractivity contribution in [2.45, 2.75) is 12.5 Å². The van der Waals surface area contributed by atoms with E-state index in [1.807, 2.05) is 12.1 Å². The molecule has 25 heavy (non-hydrogen) atoms. The van der Waals surface area contributed by atoms with E-state index in [1.54, 1.807) is 38.6 Å². The average Bonchev–Trinajstić information content (AvgIpc) is 3.13. The van der Waals surface area contributed by atoms with Gasteiger partial charge in [-0.3, -0.25) is 4.79 Å². The summed E-state index contributed by atoms with van der Waals surface area (Å²) in [7, 11) is 3.11. The van der Waals surface area contributed by atoms with Gasteiger partial charge >= 0.3 is 0 Å². The Morgan fingerprint density at radius 3 is 2.84 bits per heavy atom. The third-order valence-corrected chi connectivity index (χ3v) is 3.99. The lowest BCUT2D eigenvalue weighted by atomic mass is 10.0. The number of halogens is 1. The molecular formula is C17H16ClN3O4. The minimum atomic E-state index is -0.762. The van der Waals surface area contributed by atoms with E-state index in [9.17, 15) is 4.79 Å². The molecule has 0 bridgehead atoms. The standard InChI is InChI=1S/C17H16ClN3O4/c1-23-13-7-3-5-10(15(13)24-2)12-9-14(25-21-12)17(22)20-11-6-4-8-19-16(11)18/h3-8,14H,9H2,1-2H3,(H,20,22)/t14-/m1/s1. The van der Waals surface area contributed by atoms with Gasteiger partial charge in [0, 0.05) is 18.2 Å². The highest BCUT2D eigenvalue weighted by Gasteiger charge is 2.31. The Bertz CT molecular complexity index is 825. The molecule has 130 valence electrons. The van der Waals surface area contributed by atoms with Crippen LogP contribution < -0.4 is 14.8 Å². The number of carbonyl (C=O) groups is 1. The van der Waals surface area contributed by atoms with Crippen molar-refractivity contribution in [3.63, 3.8) is 0 Å². The monoisotopic (exact) mass is 361 g/mol. The molecule has 0 fully saturated rings. The number of nitrogens with zero attached hydrogens (tertiary/aromatic N) is 2. The van der Waals surface area contributed by atoms with Crippen molar-refractivity contribution in [3.05, 3.63) is 47.2 Å². The summed E-state index contributed by atoms with van der Waals surface area (Å²) in [6.07, 6.45) is 1.08. The number of amides is 1. The lowest BCUT2D eigenvalue weighted by Crippen LogP contribution is -2.28. The molecule has 0 saturated heterocycles. The van der Waals surface area contributed by atoms with Crippen LogP contribution in [0.1, 0.15) is 12.0 Å². The van der Waals surface area contributed by atoms with Crippen LogP contribution in [0, 0.1) is 0 Å². The first kappa shape index (κ1) is 17.0. The van der Waals surface area contributed by atoms with Crippen LogP contribution in [0.5, 0.6) is 11.5 Å². The molecule has 1 aliphatic rings. The molecule has 1 aromatic carbocycles.